The molecule has 0 radical (unpaired) electrons. The summed E-state index contributed by atoms with van der Waals surface area (Å²) in [5.74, 6) is 0.687. The molecule has 0 aliphatic carbocycles. The van der Waals surface area contributed by atoms with Crippen molar-refractivity contribution in [2.75, 3.05) is 13.1 Å². The van der Waals surface area contributed by atoms with Gasteiger partial charge in [-0.3, -0.25) is 9.59 Å². The summed E-state index contributed by atoms with van der Waals surface area (Å²) in [6, 6.07) is 16.9. The Morgan fingerprint density at radius 3 is 2.43 bits per heavy atom. The number of Topliss-reactive ketones (excluding diaryl/α,β-unsaturated/α-hetero) is 1. The molecule has 1 saturated heterocycles. The minimum atomic E-state index is -0.00753. The van der Waals surface area contributed by atoms with Gasteiger partial charge in [-0.05, 0) is 65.9 Å². The second kappa shape index (κ2) is 7.95. The lowest BCUT2D eigenvalue weighted by Gasteiger charge is -2.21. The van der Waals surface area contributed by atoms with Crippen molar-refractivity contribution in [3.63, 3.8) is 0 Å². The van der Waals surface area contributed by atoms with Crippen LogP contribution in [0.5, 0.6) is 5.75 Å². The molecule has 0 atom stereocenters. The average molecular weight is 373 g/mol. The fourth-order valence-corrected chi connectivity index (χ4v) is 3.96. The summed E-state index contributed by atoms with van der Waals surface area (Å²) in [6.07, 6.45) is 3.44. The summed E-state index contributed by atoms with van der Waals surface area (Å²) in [6.45, 7) is 2.00. The van der Waals surface area contributed by atoms with Gasteiger partial charge >= 0.3 is 0 Å². The molecule has 1 fully saturated rings. The number of hydrogen-bond acceptors (Lipinski definition) is 4. The molecule has 142 valence electrons. The number of phenolic OH excluding ortho intramolecular Hbond substituents is 1. The van der Waals surface area contributed by atoms with Crippen LogP contribution in [0.1, 0.15) is 40.0 Å². The molecule has 0 amide bonds. The minimum absolute atomic E-state index is 0.00753. The highest BCUT2D eigenvalue weighted by Crippen LogP contribution is 2.30. The Balaban J connectivity index is 1.55. The van der Waals surface area contributed by atoms with Gasteiger partial charge in [0, 0.05) is 12.0 Å². The number of carbonyl (C=O) groups is 2. The SMILES string of the molecule is O=Cc1c(O)ccc2cc(-c3ccc(C(=O)CC4CCNCC4)cc3)ccc12. The van der Waals surface area contributed by atoms with Crippen molar-refractivity contribution in [1.82, 2.24) is 5.32 Å². The molecular formula is C24H23NO3. The topological polar surface area (TPSA) is 66.4 Å². The molecular weight excluding hydrogens is 350 g/mol. The van der Waals surface area contributed by atoms with Gasteiger partial charge < -0.3 is 10.4 Å². The largest absolute Gasteiger partial charge is 0.507 e. The van der Waals surface area contributed by atoms with Gasteiger partial charge in [-0.2, -0.15) is 0 Å². The van der Waals surface area contributed by atoms with Crippen LogP contribution in [0.15, 0.2) is 54.6 Å². The standard InChI is InChI=1S/C24H23NO3/c26-15-22-21-7-5-19(14-20(21)6-8-23(22)27)17-1-3-18(4-2-17)24(28)13-16-9-11-25-12-10-16/h1-8,14-16,25,27H,9-13H2. The number of piperidine rings is 1. The van der Waals surface area contributed by atoms with E-state index in [9.17, 15) is 14.7 Å². The molecule has 28 heavy (non-hydrogen) atoms. The number of ketones is 1. The molecule has 0 unspecified atom stereocenters. The number of aldehydes is 1. The number of carbonyl (C=O) groups excluding carboxylic acids is 2. The van der Waals surface area contributed by atoms with Crippen LogP contribution >= 0.6 is 0 Å². The lowest BCUT2D eigenvalue weighted by molar-refractivity contribution is 0.0952. The summed E-state index contributed by atoms with van der Waals surface area (Å²) >= 11 is 0. The Bertz CT molecular complexity index is 1020. The van der Waals surface area contributed by atoms with E-state index in [4.69, 9.17) is 0 Å². The molecule has 3 aromatic carbocycles. The first kappa shape index (κ1) is 18.4. The summed E-state index contributed by atoms with van der Waals surface area (Å²) in [5.41, 5.74) is 3.09. The zero-order valence-corrected chi connectivity index (χ0v) is 15.7. The van der Waals surface area contributed by atoms with Crippen molar-refractivity contribution in [3.8, 4) is 16.9 Å². The molecule has 2 N–H and O–H groups in total. The van der Waals surface area contributed by atoms with Gasteiger partial charge in [0.2, 0.25) is 0 Å². The van der Waals surface area contributed by atoms with E-state index in [1.165, 1.54) is 0 Å². The van der Waals surface area contributed by atoms with Crippen molar-refractivity contribution in [3.05, 3.63) is 65.7 Å². The minimum Gasteiger partial charge on any atom is -0.507 e. The maximum absolute atomic E-state index is 12.6. The van der Waals surface area contributed by atoms with Crippen LogP contribution in [-0.4, -0.2) is 30.3 Å². The molecule has 4 rings (SSSR count). The quantitative estimate of drug-likeness (QED) is 0.507. The third-order valence-electron chi connectivity index (χ3n) is 5.63. The van der Waals surface area contributed by atoms with Gasteiger partial charge in [-0.15, -0.1) is 0 Å². The predicted octanol–water partition coefficient (Wildman–Crippen LogP) is 4.60. The number of fused-ring (bicyclic) bond motifs is 1. The molecule has 0 bridgehead atoms. The first-order valence-electron chi connectivity index (χ1n) is 9.71. The van der Waals surface area contributed by atoms with E-state index in [0.29, 0.717) is 24.2 Å². The van der Waals surface area contributed by atoms with Crippen molar-refractivity contribution in [2.45, 2.75) is 19.3 Å². The van der Waals surface area contributed by atoms with Gasteiger partial charge in [0.1, 0.15) is 5.75 Å². The molecule has 1 aliphatic rings. The summed E-state index contributed by atoms with van der Waals surface area (Å²) < 4.78 is 0. The van der Waals surface area contributed by atoms with Crippen LogP contribution in [-0.2, 0) is 0 Å². The fourth-order valence-electron chi connectivity index (χ4n) is 3.96. The molecule has 4 heteroatoms. The predicted molar refractivity (Wildman–Crippen MR) is 111 cm³/mol. The van der Waals surface area contributed by atoms with Crippen LogP contribution in [0.2, 0.25) is 0 Å². The van der Waals surface area contributed by atoms with Gasteiger partial charge in [0.05, 0.1) is 5.56 Å². The molecule has 3 aromatic rings. The number of hydrogen-bond donors (Lipinski definition) is 2. The lowest BCUT2D eigenvalue weighted by atomic mass is 9.90. The Morgan fingerprint density at radius 2 is 1.71 bits per heavy atom. The fraction of sp³-hybridized carbons (Fsp3) is 0.250. The Morgan fingerprint density at radius 1 is 1.00 bits per heavy atom. The number of rotatable bonds is 5. The van der Waals surface area contributed by atoms with Gasteiger partial charge in [0.15, 0.2) is 12.1 Å². The van der Waals surface area contributed by atoms with Crippen molar-refractivity contribution in [1.29, 1.82) is 0 Å². The Labute approximate surface area is 164 Å². The first-order valence-corrected chi connectivity index (χ1v) is 9.71. The van der Waals surface area contributed by atoms with E-state index in [0.717, 1.165) is 53.4 Å². The Kier molecular flexibility index (Phi) is 5.22. The van der Waals surface area contributed by atoms with Crippen molar-refractivity contribution < 1.29 is 14.7 Å². The van der Waals surface area contributed by atoms with Crippen LogP contribution in [0.25, 0.3) is 21.9 Å². The molecule has 0 spiro atoms. The molecule has 1 heterocycles. The van der Waals surface area contributed by atoms with E-state index < -0.39 is 0 Å². The maximum atomic E-state index is 12.6. The van der Waals surface area contributed by atoms with Crippen LogP contribution in [0, 0.1) is 5.92 Å². The Hall–Kier alpha value is -2.98. The van der Waals surface area contributed by atoms with E-state index in [-0.39, 0.29) is 11.5 Å². The highest BCUT2D eigenvalue weighted by Gasteiger charge is 2.17. The third kappa shape index (κ3) is 3.69. The van der Waals surface area contributed by atoms with E-state index in [2.05, 4.69) is 5.32 Å². The number of nitrogens with one attached hydrogen (secondary N) is 1. The molecule has 0 saturated carbocycles. The van der Waals surface area contributed by atoms with Crippen LogP contribution < -0.4 is 5.32 Å². The van der Waals surface area contributed by atoms with E-state index >= 15 is 0 Å². The van der Waals surface area contributed by atoms with Gasteiger partial charge in [-0.25, -0.2) is 0 Å². The monoisotopic (exact) mass is 373 g/mol. The van der Waals surface area contributed by atoms with Crippen LogP contribution in [0.4, 0.5) is 0 Å². The smallest absolute Gasteiger partial charge is 0.163 e. The van der Waals surface area contributed by atoms with E-state index in [1.807, 2.05) is 42.5 Å². The second-order valence-electron chi connectivity index (χ2n) is 7.45. The van der Waals surface area contributed by atoms with Crippen molar-refractivity contribution >= 4 is 22.8 Å². The molecule has 1 aliphatic heterocycles. The lowest BCUT2D eigenvalue weighted by Crippen LogP contribution is -2.28. The first-order chi connectivity index (χ1) is 13.7. The van der Waals surface area contributed by atoms with Gasteiger partial charge in [-0.1, -0.05) is 42.5 Å². The average Bonchev–Trinajstić information content (AvgIpc) is 2.74. The summed E-state index contributed by atoms with van der Waals surface area (Å²) in [5, 5.41) is 14.8. The normalized spacial score (nSPS) is 14.9. The second-order valence-corrected chi connectivity index (χ2v) is 7.45. The van der Waals surface area contributed by atoms with Crippen LogP contribution in [0.3, 0.4) is 0 Å². The van der Waals surface area contributed by atoms with Gasteiger partial charge in [0.25, 0.3) is 0 Å². The number of phenols is 1. The molecule has 4 nitrogen and oxygen atoms in total. The summed E-state index contributed by atoms with van der Waals surface area (Å²) in [7, 11) is 0. The highest BCUT2D eigenvalue weighted by atomic mass is 16.3. The number of aromatic hydroxyl groups is 1. The zero-order valence-electron chi connectivity index (χ0n) is 15.7. The third-order valence-corrected chi connectivity index (χ3v) is 5.63. The van der Waals surface area contributed by atoms with E-state index in [1.54, 1.807) is 12.1 Å². The highest BCUT2D eigenvalue weighted by molar-refractivity contribution is 6.02. The zero-order chi connectivity index (χ0) is 19.5. The summed E-state index contributed by atoms with van der Waals surface area (Å²) in [4.78, 5) is 23.8. The molecule has 0 aromatic heterocycles. The maximum Gasteiger partial charge on any atom is 0.163 e. The number of benzene rings is 3. The van der Waals surface area contributed by atoms with Crippen molar-refractivity contribution in [2.24, 2.45) is 5.92 Å².